The summed E-state index contributed by atoms with van der Waals surface area (Å²) in [6.07, 6.45) is -0.167. The second-order valence-electron chi connectivity index (χ2n) is 3.25. The van der Waals surface area contributed by atoms with E-state index in [4.69, 9.17) is 44.3 Å². The van der Waals surface area contributed by atoms with E-state index < -0.39 is 5.25 Å². The molecule has 2 atom stereocenters. The Labute approximate surface area is 103 Å². The molecule has 1 aliphatic heterocycles. The van der Waals surface area contributed by atoms with E-state index in [1.807, 2.05) is 0 Å². The highest BCUT2D eigenvalue weighted by molar-refractivity contribution is 6.30. The van der Waals surface area contributed by atoms with Crippen LogP contribution >= 0.6 is 34.8 Å². The molecule has 0 radical (unpaired) electrons. The molecule has 0 aromatic heterocycles. The van der Waals surface area contributed by atoms with Crippen LogP contribution in [0.25, 0.3) is 0 Å². The molecule has 1 fully saturated rings. The van der Waals surface area contributed by atoms with Gasteiger partial charge in [0.1, 0.15) is 0 Å². The Hall–Kier alpha value is 0.01000. The summed E-state index contributed by atoms with van der Waals surface area (Å²) in [6, 6.07) is 7.02. The van der Waals surface area contributed by atoms with Crippen LogP contribution in [-0.2, 0) is 14.7 Å². The zero-order valence-corrected chi connectivity index (χ0v) is 10.0. The summed E-state index contributed by atoms with van der Waals surface area (Å²) in [6.45, 7) is 0.398. The summed E-state index contributed by atoms with van der Waals surface area (Å²) in [7, 11) is 0. The number of ether oxygens (including phenoxy) is 2. The van der Waals surface area contributed by atoms with Crippen molar-refractivity contribution >= 4 is 34.8 Å². The third-order valence-electron chi connectivity index (χ3n) is 2.13. The lowest BCUT2D eigenvalue weighted by molar-refractivity contribution is -0.101. The minimum Gasteiger partial charge on any atom is -0.331 e. The number of rotatable bonds is 2. The molecule has 2 nitrogen and oxygen atoms in total. The van der Waals surface area contributed by atoms with Crippen LogP contribution in [0.5, 0.6) is 0 Å². The van der Waals surface area contributed by atoms with Gasteiger partial charge in [-0.2, -0.15) is 0 Å². The molecular weight excluding hydrogens is 258 g/mol. The Morgan fingerprint density at radius 2 is 2.00 bits per heavy atom. The number of benzene rings is 1. The van der Waals surface area contributed by atoms with Crippen LogP contribution in [0.3, 0.4) is 0 Å². The van der Waals surface area contributed by atoms with Gasteiger partial charge in [0.2, 0.25) is 0 Å². The highest BCUT2D eigenvalue weighted by Gasteiger charge is 2.41. The van der Waals surface area contributed by atoms with Gasteiger partial charge in [0.15, 0.2) is 0 Å². The topological polar surface area (TPSA) is 18.5 Å². The highest BCUT2D eigenvalue weighted by Crippen LogP contribution is 2.38. The monoisotopic (exact) mass is 266 g/mol. The molecule has 5 heteroatoms. The number of alkyl halides is 2. The van der Waals surface area contributed by atoms with Crippen molar-refractivity contribution < 1.29 is 9.47 Å². The van der Waals surface area contributed by atoms with Crippen LogP contribution < -0.4 is 0 Å². The van der Waals surface area contributed by atoms with Gasteiger partial charge in [-0.3, -0.25) is 0 Å². The fourth-order valence-electron chi connectivity index (χ4n) is 1.36. The van der Waals surface area contributed by atoms with Gasteiger partial charge in [-0.25, -0.2) is 0 Å². The maximum atomic E-state index is 6.18. The molecule has 15 heavy (non-hydrogen) atoms. The maximum Gasteiger partial charge on any atom is 0.276 e. The van der Waals surface area contributed by atoms with Crippen LogP contribution in [-0.4, -0.2) is 18.6 Å². The second-order valence-corrected chi connectivity index (χ2v) is 4.49. The largest absolute Gasteiger partial charge is 0.331 e. The van der Waals surface area contributed by atoms with Crippen molar-refractivity contribution in [2.75, 3.05) is 12.5 Å². The average Bonchev–Trinajstić information content (AvgIpc) is 2.62. The number of hydrogen-bond donors (Lipinski definition) is 0. The van der Waals surface area contributed by atoms with Crippen molar-refractivity contribution in [3.63, 3.8) is 0 Å². The Morgan fingerprint density at radius 1 is 1.33 bits per heavy atom. The molecule has 1 heterocycles. The molecule has 0 unspecified atom stereocenters. The average molecular weight is 268 g/mol. The van der Waals surface area contributed by atoms with Gasteiger partial charge >= 0.3 is 0 Å². The van der Waals surface area contributed by atoms with E-state index in [-0.39, 0.29) is 6.10 Å². The van der Waals surface area contributed by atoms with Crippen molar-refractivity contribution in [1.29, 1.82) is 0 Å². The normalized spacial score (nSPS) is 30.7. The summed E-state index contributed by atoms with van der Waals surface area (Å²) >= 11 is 17.6. The van der Waals surface area contributed by atoms with Gasteiger partial charge in [0.05, 0.1) is 18.6 Å². The third kappa shape index (κ3) is 2.40. The van der Waals surface area contributed by atoms with Gasteiger partial charge in [-0.1, -0.05) is 35.3 Å². The van der Waals surface area contributed by atoms with Gasteiger partial charge in [-0.05, 0) is 12.1 Å². The molecule has 0 amide bonds. The van der Waals surface area contributed by atoms with E-state index in [9.17, 15) is 0 Å². The molecule has 1 aliphatic rings. The van der Waals surface area contributed by atoms with Crippen molar-refractivity contribution in [1.82, 2.24) is 0 Å². The molecule has 0 N–H and O–H groups in total. The van der Waals surface area contributed by atoms with E-state index in [0.29, 0.717) is 17.5 Å². The van der Waals surface area contributed by atoms with Gasteiger partial charge < -0.3 is 9.47 Å². The van der Waals surface area contributed by atoms with Gasteiger partial charge in [-0.15, -0.1) is 11.6 Å². The molecule has 1 saturated heterocycles. The summed E-state index contributed by atoms with van der Waals surface area (Å²) < 4.78 is 10.9. The highest BCUT2D eigenvalue weighted by atomic mass is 35.5. The van der Waals surface area contributed by atoms with Crippen LogP contribution in [0.4, 0.5) is 0 Å². The molecule has 1 aromatic rings. The lowest BCUT2D eigenvalue weighted by Gasteiger charge is -2.20. The third-order valence-corrected chi connectivity index (χ3v) is 3.15. The SMILES string of the molecule is ClC[C@@H]1CO[C@@](Cl)(c2ccc(Cl)cc2)O1. The molecular formula is C10H9Cl3O2. The molecule has 82 valence electrons. The molecule has 1 aromatic carbocycles. The quantitative estimate of drug-likeness (QED) is 0.765. The van der Waals surface area contributed by atoms with Crippen molar-refractivity contribution in [3.8, 4) is 0 Å². The van der Waals surface area contributed by atoms with Crippen LogP contribution in [0, 0.1) is 0 Å². The first kappa shape index (κ1) is 11.5. The minimum absolute atomic E-state index is 0.167. The van der Waals surface area contributed by atoms with E-state index in [1.54, 1.807) is 24.3 Å². The molecule has 2 rings (SSSR count). The zero-order valence-electron chi connectivity index (χ0n) is 7.75. The smallest absolute Gasteiger partial charge is 0.276 e. The maximum absolute atomic E-state index is 6.18. The summed E-state index contributed by atoms with van der Waals surface area (Å²) in [5.74, 6) is 0.363. The summed E-state index contributed by atoms with van der Waals surface area (Å²) in [4.78, 5) is 0. The van der Waals surface area contributed by atoms with Crippen LogP contribution in [0.15, 0.2) is 24.3 Å². The fraction of sp³-hybridized carbons (Fsp3) is 0.400. The molecule has 0 aliphatic carbocycles. The standard InChI is InChI=1S/C10H9Cl3O2/c11-5-9-6-14-10(13,15-9)7-1-3-8(12)4-2-7/h1-4,9H,5-6H2/t9-,10+/m1/s1. The van der Waals surface area contributed by atoms with Crippen LogP contribution in [0.2, 0.25) is 5.02 Å². The lowest BCUT2D eigenvalue weighted by atomic mass is 10.2. The first-order valence-electron chi connectivity index (χ1n) is 4.47. The van der Waals surface area contributed by atoms with Crippen molar-refractivity contribution in [2.45, 2.75) is 11.4 Å². The van der Waals surface area contributed by atoms with Gasteiger partial charge in [0, 0.05) is 10.6 Å². The van der Waals surface area contributed by atoms with Gasteiger partial charge in [0.25, 0.3) is 5.25 Å². The van der Waals surface area contributed by atoms with E-state index in [1.165, 1.54) is 0 Å². The first-order chi connectivity index (χ1) is 7.14. The fourth-order valence-corrected chi connectivity index (χ4v) is 1.95. The van der Waals surface area contributed by atoms with Crippen LogP contribution in [0.1, 0.15) is 5.56 Å². The predicted molar refractivity (Wildman–Crippen MR) is 60.5 cm³/mol. The Kier molecular flexibility index (Phi) is 3.43. The van der Waals surface area contributed by atoms with Crippen molar-refractivity contribution in [3.05, 3.63) is 34.9 Å². The second kappa shape index (κ2) is 4.48. The predicted octanol–water partition coefficient (Wildman–Crippen LogP) is 3.34. The number of halogens is 3. The van der Waals surface area contributed by atoms with Crippen molar-refractivity contribution in [2.24, 2.45) is 0 Å². The summed E-state index contributed by atoms with van der Waals surface area (Å²) in [5.41, 5.74) is 0.723. The zero-order chi connectivity index (χ0) is 10.9. The minimum atomic E-state index is -1.22. The summed E-state index contributed by atoms with van der Waals surface area (Å²) in [5, 5.41) is -0.574. The van der Waals surface area contributed by atoms with E-state index in [2.05, 4.69) is 0 Å². The number of hydrogen-bond acceptors (Lipinski definition) is 2. The Morgan fingerprint density at radius 3 is 2.53 bits per heavy atom. The van der Waals surface area contributed by atoms with E-state index >= 15 is 0 Å². The van der Waals surface area contributed by atoms with E-state index in [0.717, 1.165) is 5.56 Å². The molecule has 0 saturated carbocycles. The Bertz CT molecular complexity index is 341. The Balaban J connectivity index is 2.20. The first-order valence-corrected chi connectivity index (χ1v) is 5.76. The lowest BCUT2D eigenvalue weighted by Crippen LogP contribution is -2.21. The molecule has 0 spiro atoms. The molecule has 0 bridgehead atoms.